The van der Waals surface area contributed by atoms with Crippen LogP contribution in [0.1, 0.15) is 40.5 Å². The molecule has 0 aromatic heterocycles. The molecule has 1 heterocycles. The van der Waals surface area contributed by atoms with Gasteiger partial charge in [-0.15, -0.1) is 0 Å². The Morgan fingerprint density at radius 3 is 2.58 bits per heavy atom. The fourth-order valence-electron chi connectivity index (χ4n) is 5.18. The molecule has 0 amide bonds. The van der Waals surface area contributed by atoms with Crippen molar-refractivity contribution in [3.05, 3.63) is 11.6 Å². The average Bonchev–Trinajstić information content (AvgIpc) is 2.73. The molecule has 0 aromatic rings. The molecule has 1 saturated carbocycles. The lowest BCUT2D eigenvalue weighted by Crippen LogP contribution is -2.68. The van der Waals surface area contributed by atoms with Crippen LogP contribution in [0.2, 0.25) is 0 Å². The van der Waals surface area contributed by atoms with E-state index >= 15 is 0 Å². The van der Waals surface area contributed by atoms with Crippen molar-refractivity contribution < 1.29 is 29.2 Å². The molecule has 1 aliphatic heterocycles. The molecule has 6 nitrogen and oxygen atoms in total. The van der Waals surface area contributed by atoms with Crippen molar-refractivity contribution in [1.29, 1.82) is 0 Å². The van der Waals surface area contributed by atoms with Crippen LogP contribution >= 0.6 is 0 Å². The van der Waals surface area contributed by atoms with E-state index in [2.05, 4.69) is 13.8 Å². The molecule has 3 aliphatic rings. The van der Waals surface area contributed by atoms with E-state index in [0.29, 0.717) is 6.42 Å². The first kappa shape index (κ1) is 17.9. The summed E-state index contributed by atoms with van der Waals surface area (Å²) in [4.78, 5) is 11.7. The van der Waals surface area contributed by atoms with Crippen molar-refractivity contribution in [2.45, 2.75) is 70.7 Å². The molecule has 0 spiro atoms. The Morgan fingerprint density at radius 2 is 2.04 bits per heavy atom. The van der Waals surface area contributed by atoms with Gasteiger partial charge in [0.1, 0.15) is 17.8 Å². The Hall–Kier alpha value is -0.950. The minimum absolute atomic E-state index is 0.0844. The molecule has 0 radical (unpaired) electrons. The lowest BCUT2D eigenvalue weighted by molar-refractivity contribution is -0.276. The van der Waals surface area contributed by atoms with Crippen LogP contribution in [0.3, 0.4) is 0 Å². The summed E-state index contributed by atoms with van der Waals surface area (Å²) < 4.78 is 17.2. The van der Waals surface area contributed by atoms with Crippen molar-refractivity contribution in [3.63, 3.8) is 0 Å². The summed E-state index contributed by atoms with van der Waals surface area (Å²) in [6, 6.07) is 0. The van der Waals surface area contributed by atoms with E-state index in [1.165, 1.54) is 6.92 Å². The summed E-state index contributed by atoms with van der Waals surface area (Å²) in [5, 5.41) is 21.4. The van der Waals surface area contributed by atoms with Crippen LogP contribution in [-0.4, -0.2) is 53.5 Å². The van der Waals surface area contributed by atoms with Crippen LogP contribution in [0.25, 0.3) is 0 Å². The molecule has 2 bridgehead atoms. The topological polar surface area (TPSA) is 85.2 Å². The van der Waals surface area contributed by atoms with E-state index in [1.807, 2.05) is 13.0 Å². The van der Waals surface area contributed by atoms with Crippen LogP contribution < -0.4 is 0 Å². The van der Waals surface area contributed by atoms with E-state index in [1.54, 1.807) is 7.11 Å². The maximum atomic E-state index is 11.7. The monoisotopic (exact) mass is 340 g/mol. The number of hydrogen-bond acceptors (Lipinski definition) is 6. The Bertz CT molecular complexity index is 556. The molecule has 6 heteroatoms. The number of hydrogen-bond donors (Lipinski definition) is 2. The third-order valence-corrected chi connectivity index (χ3v) is 6.19. The van der Waals surface area contributed by atoms with E-state index in [4.69, 9.17) is 14.2 Å². The molecule has 136 valence electrons. The Balaban J connectivity index is 2.10. The van der Waals surface area contributed by atoms with E-state index in [0.717, 1.165) is 12.0 Å². The van der Waals surface area contributed by atoms with Gasteiger partial charge in [0.2, 0.25) is 0 Å². The molecule has 2 fully saturated rings. The van der Waals surface area contributed by atoms with Gasteiger partial charge in [0, 0.05) is 32.3 Å². The van der Waals surface area contributed by atoms with Gasteiger partial charge in [-0.3, -0.25) is 4.79 Å². The van der Waals surface area contributed by atoms with Crippen molar-refractivity contribution in [1.82, 2.24) is 0 Å². The summed E-state index contributed by atoms with van der Waals surface area (Å²) in [6.07, 6.45) is 0.141. The van der Waals surface area contributed by atoms with Crippen LogP contribution in [0.15, 0.2) is 11.6 Å². The number of esters is 1. The lowest BCUT2D eigenvalue weighted by atomic mass is 9.47. The Labute approximate surface area is 142 Å². The number of carbonyl (C=O) groups excluding carboxylic acids is 1. The van der Waals surface area contributed by atoms with Crippen molar-refractivity contribution in [3.8, 4) is 0 Å². The number of aliphatic hydroxyl groups is 2. The van der Waals surface area contributed by atoms with Crippen molar-refractivity contribution >= 4 is 5.97 Å². The highest BCUT2D eigenvalue weighted by Crippen LogP contribution is 2.67. The minimum Gasteiger partial charge on any atom is -0.459 e. The zero-order valence-electron chi connectivity index (χ0n) is 15.0. The zero-order chi connectivity index (χ0) is 17.9. The molecule has 1 saturated heterocycles. The Morgan fingerprint density at radius 1 is 1.38 bits per heavy atom. The predicted molar refractivity (Wildman–Crippen MR) is 85.9 cm³/mol. The average molecular weight is 340 g/mol. The first-order valence-corrected chi connectivity index (χ1v) is 8.55. The van der Waals surface area contributed by atoms with Crippen LogP contribution in [0, 0.1) is 17.3 Å². The molecule has 2 aliphatic carbocycles. The fraction of sp³-hybridized carbons (Fsp3) is 0.833. The minimum atomic E-state index is -1.10. The molecular formula is C18H28O6. The molecule has 3 rings (SSSR count). The molecule has 24 heavy (non-hydrogen) atoms. The largest absolute Gasteiger partial charge is 0.459 e. The number of carbonyl (C=O) groups is 1. The third-order valence-electron chi connectivity index (χ3n) is 6.19. The van der Waals surface area contributed by atoms with Gasteiger partial charge in [0.25, 0.3) is 0 Å². The fourth-order valence-corrected chi connectivity index (χ4v) is 5.18. The van der Waals surface area contributed by atoms with Crippen LogP contribution in [0.5, 0.6) is 0 Å². The van der Waals surface area contributed by atoms with Gasteiger partial charge < -0.3 is 24.4 Å². The second-order valence-electron chi connectivity index (χ2n) is 8.08. The number of methoxy groups -OCH3 is 1. The number of rotatable bonds is 2. The van der Waals surface area contributed by atoms with Gasteiger partial charge in [0.05, 0.1) is 6.10 Å². The first-order chi connectivity index (χ1) is 11.1. The second-order valence-corrected chi connectivity index (χ2v) is 8.08. The highest BCUT2D eigenvalue weighted by molar-refractivity contribution is 5.66. The van der Waals surface area contributed by atoms with Gasteiger partial charge in [-0.05, 0) is 18.8 Å². The number of ether oxygens (including phenoxy) is 3. The van der Waals surface area contributed by atoms with Gasteiger partial charge in [0.15, 0.2) is 6.29 Å². The zero-order valence-corrected chi connectivity index (χ0v) is 15.0. The molecule has 0 unspecified atom stereocenters. The maximum Gasteiger partial charge on any atom is 0.303 e. The summed E-state index contributed by atoms with van der Waals surface area (Å²) >= 11 is 0. The Kier molecular flexibility index (Phi) is 4.31. The lowest BCUT2D eigenvalue weighted by Gasteiger charge is -2.61. The molecule has 2 N–H and O–H groups in total. The van der Waals surface area contributed by atoms with E-state index in [9.17, 15) is 15.0 Å². The maximum absolute atomic E-state index is 11.7. The van der Waals surface area contributed by atoms with Gasteiger partial charge >= 0.3 is 5.97 Å². The van der Waals surface area contributed by atoms with Crippen molar-refractivity contribution in [2.75, 3.05) is 7.11 Å². The van der Waals surface area contributed by atoms with Crippen LogP contribution in [0.4, 0.5) is 0 Å². The second kappa shape index (κ2) is 5.80. The van der Waals surface area contributed by atoms with E-state index < -0.39 is 36.1 Å². The first-order valence-electron chi connectivity index (χ1n) is 8.55. The van der Waals surface area contributed by atoms with Gasteiger partial charge in [-0.1, -0.05) is 25.5 Å². The van der Waals surface area contributed by atoms with Crippen LogP contribution in [-0.2, 0) is 19.0 Å². The normalized spacial score (nSPS) is 48.9. The SMILES string of the molecule is CO[C@@H]1/C=C(\C)C[C@H](OC(C)=O)[C@]23O[C@@H](O)[C@H]([C@H]1O)[C@H]2CC3(C)C. The summed E-state index contributed by atoms with van der Waals surface area (Å²) in [7, 11) is 1.54. The molecule has 0 aromatic carbocycles. The van der Waals surface area contributed by atoms with Gasteiger partial charge in [-0.2, -0.15) is 0 Å². The summed E-state index contributed by atoms with van der Waals surface area (Å²) in [6.45, 7) is 7.44. The third kappa shape index (κ3) is 2.35. The van der Waals surface area contributed by atoms with Crippen molar-refractivity contribution in [2.24, 2.45) is 17.3 Å². The predicted octanol–water partition coefficient (Wildman–Crippen LogP) is 1.39. The quantitative estimate of drug-likeness (QED) is 0.584. The summed E-state index contributed by atoms with van der Waals surface area (Å²) in [5.41, 5.74) is -0.0874. The number of aliphatic hydroxyl groups excluding tert-OH is 2. The smallest absolute Gasteiger partial charge is 0.303 e. The highest BCUT2D eigenvalue weighted by Gasteiger charge is 2.74. The standard InChI is InChI=1S/C18H28O6/c1-9-6-12(22-5)15(20)14-11-8-17(3,4)18(11,24-16(14)21)13(7-9)23-10(2)19/h6,11-16,20-21H,7-8H2,1-5H3/b9-6+/t11-,12-,13+,14+,15+,16-,18-/m1/s1. The molecular weight excluding hydrogens is 312 g/mol. The van der Waals surface area contributed by atoms with E-state index in [-0.39, 0.29) is 17.3 Å². The summed E-state index contributed by atoms with van der Waals surface area (Å²) in [5.74, 6) is -0.921. The van der Waals surface area contributed by atoms with Gasteiger partial charge in [-0.25, -0.2) is 0 Å². The highest BCUT2D eigenvalue weighted by atomic mass is 16.7. The molecule has 7 atom stereocenters.